The van der Waals surface area contributed by atoms with Crippen LogP contribution in [-0.4, -0.2) is 58.0 Å². The summed E-state index contributed by atoms with van der Waals surface area (Å²) in [5, 5.41) is 19.0. The lowest BCUT2D eigenvalue weighted by Crippen LogP contribution is -2.50. The number of hydrogen-bond donors (Lipinski definition) is 2. The Morgan fingerprint density at radius 1 is 0.760 bits per heavy atom. The maximum absolute atomic E-state index is 12.5. The van der Waals surface area contributed by atoms with E-state index >= 15 is 0 Å². The highest BCUT2D eigenvalue weighted by Gasteiger charge is 2.25. The Labute approximate surface area is 145 Å². The predicted molar refractivity (Wildman–Crippen MR) is 92.8 cm³/mol. The minimum atomic E-state index is -0.270. The molecular formula is C19H20N2O4. The van der Waals surface area contributed by atoms with Crippen molar-refractivity contribution in [1.29, 1.82) is 0 Å². The summed E-state index contributed by atoms with van der Waals surface area (Å²) in [6.07, 6.45) is 0. The maximum atomic E-state index is 12.5. The van der Waals surface area contributed by atoms with Crippen molar-refractivity contribution in [3.05, 3.63) is 59.2 Å². The van der Waals surface area contributed by atoms with Crippen LogP contribution in [-0.2, 0) is 0 Å². The number of carbonyl (C=O) groups is 2. The van der Waals surface area contributed by atoms with Crippen molar-refractivity contribution in [3.8, 4) is 11.5 Å². The fourth-order valence-electron chi connectivity index (χ4n) is 2.89. The number of benzene rings is 2. The Morgan fingerprint density at radius 2 is 1.20 bits per heavy atom. The standard InChI is InChI=1S/C19H20N2O4/c1-13-2-4-14(5-3-13)18(24)20-6-8-21(9-7-20)19(25)15-10-16(22)12-17(23)11-15/h2-5,10-12,22-23H,6-9H2,1H3. The third-order valence-electron chi connectivity index (χ3n) is 4.30. The Morgan fingerprint density at radius 3 is 1.68 bits per heavy atom. The van der Waals surface area contributed by atoms with E-state index in [1.165, 1.54) is 18.2 Å². The zero-order chi connectivity index (χ0) is 18.0. The molecule has 0 atom stereocenters. The Kier molecular flexibility index (Phi) is 4.61. The van der Waals surface area contributed by atoms with Gasteiger partial charge in [0.15, 0.2) is 0 Å². The minimum Gasteiger partial charge on any atom is -0.508 e. The minimum absolute atomic E-state index is 0.0397. The van der Waals surface area contributed by atoms with Crippen molar-refractivity contribution in [2.45, 2.75) is 6.92 Å². The average molecular weight is 340 g/mol. The van der Waals surface area contributed by atoms with E-state index in [1.807, 2.05) is 31.2 Å². The van der Waals surface area contributed by atoms with Gasteiger partial charge in [0.05, 0.1) is 0 Å². The molecule has 2 amide bonds. The summed E-state index contributed by atoms with van der Waals surface area (Å²) in [4.78, 5) is 28.3. The first-order valence-corrected chi connectivity index (χ1v) is 8.12. The molecule has 6 nitrogen and oxygen atoms in total. The van der Waals surface area contributed by atoms with E-state index < -0.39 is 0 Å². The molecule has 1 heterocycles. The molecule has 0 aromatic heterocycles. The summed E-state index contributed by atoms with van der Waals surface area (Å²) in [6.45, 7) is 3.68. The fraction of sp³-hybridized carbons (Fsp3) is 0.263. The SMILES string of the molecule is Cc1ccc(C(=O)N2CCN(C(=O)c3cc(O)cc(O)c3)CC2)cc1. The van der Waals surface area contributed by atoms with Crippen molar-refractivity contribution in [2.75, 3.05) is 26.2 Å². The monoisotopic (exact) mass is 340 g/mol. The highest BCUT2D eigenvalue weighted by Crippen LogP contribution is 2.22. The zero-order valence-electron chi connectivity index (χ0n) is 14.0. The zero-order valence-corrected chi connectivity index (χ0v) is 14.0. The summed E-state index contributed by atoms with van der Waals surface area (Å²) < 4.78 is 0. The lowest BCUT2D eigenvalue weighted by molar-refractivity contribution is 0.0535. The lowest BCUT2D eigenvalue weighted by atomic mass is 10.1. The van der Waals surface area contributed by atoms with Crippen LogP contribution in [0.4, 0.5) is 0 Å². The number of phenolic OH excluding ortho intramolecular Hbond substituents is 2. The van der Waals surface area contributed by atoms with E-state index in [2.05, 4.69) is 0 Å². The number of piperazine rings is 1. The van der Waals surface area contributed by atoms with E-state index in [0.717, 1.165) is 5.56 Å². The van der Waals surface area contributed by atoms with Gasteiger partial charge in [0.1, 0.15) is 11.5 Å². The Hall–Kier alpha value is -3.02. The molecule has 0 radical (unpaired) electrons. The molecule has 6 heteroatoms. The van der Waals surface area contributed by atoms with Crippen LogP contribution in [0.1, 0.15) is 26.3 Å². The van der Waals surface area contributed by atoms with Gasteiger partial charge in [-0.15, -0.1) is 0 Å². The summed E-state index contributed by atoms with van der Waals surface area (Å²) in [6, 6.07) is 11.3. The van der Waals surface area contributed by atoms with Crippen molar-refractivity contribution in [3.63, 3.8) is 0 Å². The molecule has 0 spiro atoms. The number of nitrogens with zero attached hydrogens (tertiary/aromatic N) is 2. The summed E-state index contributed by atoms with van der Waals surface area (Å²) in [7, 11) is 0. The van der Waals surface area contributed by atoms with Crippen LogP contribution in [0.2, 0.25) is 0 Å². The van der Waals surface area contributed by atoms with Crippen LogP contribution in [0.3, 0.4) is 0 Å². The molecule has 2 aromatic rings. The molecule has 25 heavy (non-hydrogen) atoms. The second-order valence-corrected chi connectivity index (χ2v) is 6.19. The van der Waals surface area contributed by atoms with Crippen molar-refractivity contribution < 1.29 is 19.8 Å². The van der Waals surface area contributed by atoms with Gasteiger partial charge in [0.25, 0.3) is 11.8 Å². The number of carbonyl (C=O) groups excluding carboxylic acids is 2. The van der Waals surface area contributed by atoms with Gasteiger partial charge in [0, 0.05) is 43.4 Å². The molecule has 2 N–H and O–H groups in total. The molecule has 3 rings (SSSR count). The van der Waals surface area contributed by atoms with Gasteiger partial charge in [-0.25, -0.2) is 0 Å². The molecular weight excluding hydrogens is 320 g/mol. The Bertz CT molecular complexity index is 773. The number of rotatable bonds is 2. The van der Waals surface area contributed by atoms with Gasteiger partial charge in [-0.05, 0) is 31.2 Å². The number of aryl methyl sites for hydroxylation is 1. The largest absolute Gasteiger partial charge is 0.508 e. The van der Waals surface area contributed by atoms with Crippen LogP contribution < -0.4 is 0 Å². The number of aromatic hydroxyl groups is 2. The predicted octanol–water partition coefficient (Wildman–Crippen LogP) is 2.00. The second kappa shape index (κ2) is 6.84. The molecule has 0 unspecified atom stereocenters. The van der Waals surface area contributed by atoms with Crippen LogP contribution in [0.15, 0.2) is 42.5 Å². The van der Waals surface area contributed by atoms with Crippen LogP contribution in [0, 0.1) is 6.92 Å². The Balaban J connectivity index is 1.64. The topological polar surface area (TPSA) is 81.1 Å². The van der Waals surface area contributed by atoms with Gasteiger partial charge in [-0.1, -0.05) is 17.7 Å². The van der Waals surface area contributed by atoms with Gasteiger partial charge < -0.3 is 20.0 Å². The van der Waals surface area contributed by atoms with Gasteiger partial charge >= 0.3 is 0 Å². The number of phenols is 2. The molecule has 1 aliphatic rings. The first kappa shape index (κ1) is 16.8. The van der Waals surface area contributed by atoms with E-state index in [-0.39, 0.29) is 28.9 Å². The highest BCUT2D eigenvalue weighted by molar-refractivity contribution is 5.96. The summed E-state index contributed by atoms with van der Waals surface area (Å²) in [5.41, 5.74) is 1.97. The van der Waals surface area contributed by atoms with Gasteiger partial charge in [-0.2, -0.15) is 0 Å². The summed E-state index contributed by atoms with van der Waals surface area (Å²) >= 11 is 0. The van der Waals surface area contributed by atoms with Crippen LogP contribution in [0.25, 0.3) is 0 Å². The van der Waals surface area contributed by atoms with Crippen LogP contribution in [0.5, 0.6) is 11.5 Å². The molecule has 1 saturated heterocycles. The average Bonchev–Trinajstić information content (AvgIpc) is 2.60. The van der Waals surface area contributed by atoms with Gasteiger partial charge in [0.2, 0.25) is 0 Å². The van der Waals surface area contributed by atoms with Crippen molar-refractivity contribution in [1.82, 2.24) is 9.80 Å². The second-order valence-electron chi connectivity index (χ2n) is 6.19. The van der Waals surface area contributed by atoms with E-state index in [0.29, 0.717) is 31.7 Å². The number of hydrogen-bond acceptors (Lipinski definition) is 4. The van der Waals surface area contributed by atoms with Gasteiger partial charge in [-0.3, -0.25) is 9.59 Å². The quantitative estimate of drug-likeness (QED) is 0.876. The van der Waals surface area contributed by atoms with E-state index in [1.54, 1.807) is 9.80 Å². The van der Waals surface area contributed by atoms with Crippen molar-refractivity contribution >= 4 is 11.8 Å². The molecule has 0 bridgehead atoms. The first-order valence-electron chi connectivity index (χ1n) is 8.12. The van der Waals surface area contributed by atoms with Crippen molar-refractivity contribution in [2.24, 2.45) is 0 Å². The summed E-state index contributed by atoms with van der Waals surface area (Å²) in [5.74, 6) is -0.621. The molecule has 1 aliphatic heterocycles. The smallest absolute Gasteiger partial charge is 0.254 e. The molecule has 0 saturated carbocycles. The van der Waals surface area contributed by atoms with Crippen LogP contribution >= 0.6 is 0 Å². The maximum Gasteiger partial charge on any atom is 0.254 e. The third kappa shape index (κ3) is 3.74. The molecule has 1 fully saturated rings. The fourth-order valence-corrected chi connectivity index (χ4v) is 2.89. The molecule has 130 valence electrons. The molecule has 0 aliphatic carbocycles. The highest BCUT2D eigenvalue weighted by atomic mass is 16.3. The number of amides is 2. The third-order valence-corrected chi connectivity index (χ3v) is 4.30. The van der Waals surface area contributed by atoms with E-state index in [9.17, 15) is 19.8 Å². The first-order chi connectivity index (χ1) is 11.9. The molecule has 2 aromatic carbocycles. The normalized spacial score (nSPS) is 14.4. The lowest BCUT2D eigenvalue weighted by Gasteiger charge is -2.35. The van der Waals surface area contributed by atoms with E-state index in [4.69, 9.17) is 0 Å².